The molecule has 0 bridgehead atoms. The maximum Gasteiger partial charge on any atom is 0.433 e. The van der Waals surface area contributed by atoms with Gasteiger partial charge in [-0.25, -0.2) is 13.8 Å². The Hall–Kier alpha value is -1.80. The van der Waals surface area contributed by atoms with Crippen molar-refractivity contribution in [1.82, 2.24) is 4.98 Å². The number of pyridine rings is 1. The lowest BCUT2D eigenvalue weighted by molar-refractivity contribution is -0.385. The monoisotopic (exact) mass is 256 g/mol. The van der Waals surface area contributed by atoms with E-state index in [0.717, 1.165) is 6.92 Å². The molecule has 0 aliphatic heterocycles. The summed E-state index contributed by atoms with van der Waals surface area (Å²) in [6.45, 7) is 0.923. The summed E-state index contributed by atoms with van der Waals surface area (Å²) in [6, 6.07) is 0.140. The van der Waals surface area contributed by atoms with E-state index in [2.05, 4.69) is 4.98 Å². The standard InChI is InChI=1S/C8H5F5N2O2/c1-3-4(15(16)17)2-5(8(11,12)13)14-6(3)7(9)10/h2,7H,1H3. The molecule has 1 aromatic heterocycles. The van der Waals surface area contributed by atoms with Crippen LogP contribution in [0.15, 0.2) is 6.07 Å². The van der Waals surface area contributed by atoms with E-state index in [0.29, 0.717) is 0 Å². The molecular weight excluding hydrogens is 251 g/mol. The first kappa shape index (κ1) is 13.3. The number of aromatic nitrogens is 1. The van der Waals surface area contributed by atoms with Gasteiger partial charge in [-0.1, -0.05) is 0 Å². The molecule has 0 atom stereocenters. The molecule has 0 saturated heterocycles. The molecule has 1 heterocycles. The fraction of sp³-hybridized carbons (Fsp3) is 0.375. The number of nitrogens with zero attached hydrogens (tertiary/aromatic N) is 2. The Morgan fingerprint density at radius 3 is 2.29 bits per heavy atom. The number of nitro groups is 1. The molecule has 94 valence electrons. The van der Waals surface area contributed by atoms with Crippen molar-refractivity contribution < 1.29 is 26.9 Å². The smallest absolute Gasteiger partial charge is 0.258 e. The Morgan fingerprint density at radius 2 is 1.94 bits per heavy atom. The Labute approximate surface area is 91.2 Å². The molecule has 4 nitrogen and oxygen atoms in total. The van der Waals surface area contributed by atoms with E-state index in [1.165, 1.54) is 0 Å². The van der Waals surface area contributed by atoms with Crippen LogP contribution < -0.4 is 0 Å². The minimum absolute atomic E-state index is 0.140. The van der Waals surface area contributed by atoms with Crippen molar-refractivity contribution in [3.05, 3.63) is 33.1 Å². The predicted molar refractivity (Wildman–Crippen MR) is 45.6 cm³/mol. The van der Waals surface area contributed by atoms with Gasteiger partial charge in [0.15, 0.2) is 5.69 Å². The third kappa shape index (κ3) is 2.66. The second-order valence-electron chi connectivity index (χ2n) is 3.09. The van der Waals surface area contributed by atoms with Crippen LogP contribution in [-0.4, -0.2) is 9.91 Å². The van der Waals surface area contributed by atoms with Gasteiger partial charge in [0.25, 0.3) is 12.1 Å². The van der Waals surface area contributed by atoms with E-state index >= 15 is 0 Å². The summed E-state index contributed by atoms with van der Waals surface area (Å²) in [5.41, 5.74) is -4.53. The second kappa shape index (κ2) is 4.22. The molecule has 0 radical (unpaired) electrons. The van der Waals surface area contributed by atoms with Gasteiger partial charge in [0, 0.05) is 6.07 Å². The average molecular weight is 256 g/mol. The summed E-state index contributed by atoms with van der Waals surface area (Å²) in [5, 5.41) is 10.4. The molecule has 0 N–H and O–H groups in total. The van der Waals surface area contributed by atoms with Gasteiger partial charge in [0.1, 0.15) is 5.69 Å². The van der Waals surface area contributed by atoms with Crippen LogP contribution in [0.1, 0.15) is 23.4 Å². The molecule has 1 aromatic rings. The SMILES string of the molecule is Cc1c([N+](=O)[O-])cc(C(F)(F)F)nc1C(F)F. The van der Waals surface area contributed by atoms with E-state index in [9.17, 15) is 32.1 Å². The minimum Gasteiger partial charge on any atom is -0.258 e. The summed E-state index contributed by atoms with van der Waals surface area (Å²) in [5.74, 6) is 0. The van der Waals surface area contributed by atoms with Gasteiger partial charge in [-0.2, -0.15) is 13.2 Å². The van der Waals surface area contributed by atoms with Gasteiger partial charge in [-0.15, -0.1) is 0 Å². The first-order valence-corrected chi connectivity index (χ1v) is 4.16. The topological polar surface area (TPSA) is 56.0 Å². The Bertz CT molecular complexity index is 458. The Kier molecular flexibility index (Phi) is 3.30. The fourth-order valence-corrected chi connectivity index (χ4v) is 1.16. The summed E-state index contributed by atoms with van der Waals surface area (Å²) >= 11 is 0. The van der Waals surface area contributed by atoms with Gasteiger partial charge in [0.2, 0.25) is 0 Å². The lowest BCUT2D eigenvalue weighted by Gasteiger charge is -2.10. The maximum absolute atomic E-state index is 12.4. The van der Waals surface area contributed by atoms with Crippen molar-refractivity contribution >= 4 is 5.69 Å². The molecule has 0 aromatic carbocycles. The van der Waals surface area contributed by atoms with Crippen molar-refractivity contribution in [2.24, 2.45) is 0 Å². The van der Waals surface area contributed by atoms with Crippen LogP contribution in [0.2, 0.25) is 0 Å². The highest BCUT2D eigenvalue weighted by Gasteiger charge is 2.37. The summed E-state index contributed by atoms with van der Waals surface area (Å²) in [7, 11) is 0. The van der Waals surface area contributed by atoms with E-state index in [1.54, 1.807) is 0 Å². The molecule has 0 unspecified atom stereocenters. The number of halogens is 5. The first-order chi connectivity index (χ1) is 7.64. The maximum atomic E-state index is 12.4. The number of rotatable bonds is 2. The van der Waals surface area contributed by atoms with Crippen molar-refractivity contribution in [2.75, 3.05) is 0 Å². The molecule has 0 amide bonds. The molecule has 0 saturated carbocycles. The predicted octanol–water partition coefficient (Wildman–Crippen LogP) is 3.25. The van der Waals surface area contributed by atoms with Crippen molar-refractivity contribution in [2.45, 2.75) is 19.5 Å². The molecular formula is C8H5F5N2O2. The molecule has 0 fully saturated rings. The fourth-order valence-electron chi connectivity index (χ4n) is 1.16. The first-order valence-electron chi connectivity index (χ1n) is 4.16. The Morgan fingerprint density at radius 1 is 1.41 bits per heavy atom. The van der Waals surface area contributed by atoms with Crippen molar-refractivity contribution in [1.29, 1.82) is 0 Å². The van der Waals surface area contributed by atoms with E-state index in [-0.39, 0.29) is 6.07 Å². The average Bonchev–Trinajstić information content (AvgIpc) is 2.14. The number of hydrogen-bond acceptors (Lipinski definition) is 3. The summed E-state index contributed by atoms with van der Waals surface area (Å²) in [6.07, 6.45) is -8.32. The highest BCUT2D eigenvalue weighted by atomic mass is 19.4. The highest BCUT2D eigenvalue weighted by Crippen LogP contribution is 2.35. The zero-order chi connectivity index (χ0) is 13.4. The summed E-state index contributed by atoms with van der Waals surface area (Å²) in [4.78, 5) is 12.0. The molecule has 0 aliphatic carbocycles. The zero-order valence-corrected chi connectivity index (χ0v) is 8.26. The van der Waals surface area contributed by atoms with E-state index in [4.69, 9.17) is 0 Å². The van der Waals surface area contributed by atoms with Gasteiger partial charge in [-0.3, -0.25) is 10.1 Å². The van der Waals surface area contributed by atoms with Gasteiger partial charge in [-0.05, 0) is 6.92 Å². The van der Waals surface area contributed by atoms with Crippen molar-refractivity contribution in [3.63, 3.8) is 0 Å². The zero-order valence-electron chi connectivity index (χ0n) is 8.26. The molecule has 0 spiro atoms. The third-order valence-corrected chi connectivity index (χ3v) is 1.98. The lowest BCUT2D eigenvalue weighted by Crippen LogP contribution is -2.12. The van der Waals surface area contributed by atoms with Gasteiger partial charge in [0.05, 0.1) is 10.5 Å². The minimum atomic E-state index is -5.01. The molecule has 1 rings (SSSR count). The quantitative estimate of drug-likeness (QED) is 0.463. The molecule has 17 heavy (non-hydrogen) atoms. The van der Waals surface area contributed by atoms with Crippen LogP contribution in [0.25, 0.3) is 0 Å². The second-order valence-corrected chi connectivity index (χ2v) is 3.09. The lowest BCUT2D eigenvalue weighted by atomic mass is 10.1. The van der Waals surface area contributed by atoms with Crippen LogP contribution in [0.3, 0.4) is 0 Å². The Balaban J connectivity index is 3.53. The van der Waals surface area contributed by atoms with Crippen LogP contribution in [0.5, 0.6) is 0 Å². The third-order valence-electron chi connectivity index (χ3n) is 1.98. The summed E-state index contributed by atoms with van der Waals surface area (Å²) < 4.78 is 61.6. The van der Waals surface area contributed by atoms with Crippen LogP contribution in [0, 0.1) is 17.0 Å². The normalized spacial score (nSPS) is 11.9. The van der Waals surface area contributed by atoms with E-state index in [1.807, 2.05) is 0 Å². The van der Waals surface area contributed by atoms with Crippen LogP contribution in [-0.2, 0) is 6.18 Å². The van der Waals surface area contributed by atoms with Crippen LogP contribution >= 0.6 is 0 Å². The highest BCUT2D eigenvalue weighted by molar-refractivity contribution is 5.44. The molecule has 9 heteroatoms. The number of hydrogen-bond donors (Lipinski definition) is 0. The van der Waals surface area contributed by atoms with E-state index < -0.39 is 40.2 Å². The van der Waals surface area contributed by atoms with Gasteiger partial charge < -0.3 is 0 Å². The number of alkyl halides is 5. The van der Waals surface area contributed by atoms with Crippen LogP contribution in [0.4, 0.5) is 27.6 Å². The van der Waals surface area contributed by atoms with Gasteiger partial charge >= 0.3 is 6.18 Å². The largest absolute Gasteiger partial charge is 0.433 e. The molecule has 0 aliphatic rings. The van der Waals surface area contributed by atoms with Crippen molar-refractivity contribution in [3.8, 4) is 0 Å².